The molecule has 2 heterocycles. The van der Waals surface area contributed by atoms with E-state index in [0.29, 0.717) is 11.3 Å². The summed E-state index contributed by atoms with van der Waals surface area (Å²) in [5.74, 6) is -2.56. The van der Waals surface area contributed by atoms with Crippen LogP contribution in [0.5, 0.6) is 0 Å². The van der Waals surface area contributed by atoms with Crippen LogP contribution in [0.1, 0.15) is 23.5 Å². The van der Waals surface area contributed by atoms with Crippen LogP contribution in [0.25, 0.3) is 10.9 Å². The third-order valence-corrected chi connectivity index (χ3v) is 5.03. The number of rotatable bonds is 5. The number of anilines is 1. The molecule has 0 aliphatic carbocycles. The Balaban J connectivity index is 1.56. The number of aliphatic carboxylic acids is 1. The van der Waals surface area contributed by atoms with E-state index in [0.717, 1.165) is 16.5 Å². The third-order valence-electron chi connectivity index (χ3n) is 5.03. The summed E-state index contributed by atoms with van der Waals surface area (Å²) in [6, 6.07) is 13.6. The van der Waals surface area contributed by atoms with Gasteiger partial charge in [0.1, 0.15) is 6.04 Å². The highest BCUT2D eigenvalue weighted by molar-refractivity contribution is 6.01. The fourth-order valence-electron chi connectivity index (χ4n) is 3.64. The molecule has 1 aliphatic heterocycles. The van der Waals surface area contributed by atoms with Gasteiger partial charge in [0, 0.05) is 35.6 Å². The number of aromatic amines is 1. The lowest BCUT2D eigenvalue weighted by atomic mass is 9.89. The van der Waals surface area contributed by atoms with Crippen molar-refractivity contribution in [2.45, 2.75) is 24.8 Å². The summed E-state index contributed by atoms with van der Waals surface area (Å²) in [6.07, 6.45) is 1.89. The smallest absolute Gasteiger partial charge is 0.326 e. The Morgan fingerprint density at radius 3 is 2.71 bits per heavy atom. The summed E-state index contributed by atoms with van der Waals surface area (Å²) in [5, 5.41) is 15.9. The highest BCUT2D eigenvalue weighted by atomic mass is 16.4. The molecule has 7 nitrogen and oxygen atoms in total. The quantitative estimate of drug-likeness (QED) is 0.547. The topological polar surface area (TPSA) is 111 Å². The van der Waals surface area contributed by atoms with Crippen molar-refractivity contribution in [1.82, 2.24) is 10.3 Å². The summed E-state index contributed by atoms with van der Waals surface area (Å²) in [7, 11) is 0. The Bertz CT molecular complexity index is 1070. The fraction of sp³-hybridized carbons (Fsp3) is 0.190. The van der Waals surface area contributed by atoms with Crippen LogP contribution in [-0.4, -0.2) is 33.9 Å². The van der Waals surface area contributed by atoms with Crippen LogP contribution < -0.4 is 10.6 Å². The van der Waals surface area contributed by atoms with Gasteiger partial charge in [0.05, 0.1) is 5.92 Å². The summed E-state index contributed by atoms with van der Waals surface area (Å²) >= 11 is 0. The molecule has 0 saturated carbocycles. The molecule has 0 spiro atoms. The maximum atomic E-state index is 12.9. The predicted molar refractivity (Wildman–Crippen MR) is 104 cm³/mol. The molecule has 2 atom stereocenters. The molecule has 2 amide bonds. The van der Waals surface area contributed by atoms with Gasteiger partial charge in [-0.2, -0.15) is 0 Å². The first-order chi connectivity index (χ1) is 13.5. The second-order valence-corrected chi connectivity index (χ2v) is 6.86. The minimum Gasteiger partial charge on any atom is -0.480 e. The highest BCUT2D eigenvalue weighted by Crippen LogP contribution is 2.32. The Morgan fingerprint density at radius 1 is 1.14 bits per heavy atom. The molecule has 28 heavy (non-hydrogen) atoms. The number of H-pyrrole nitrogens is 1. The molecule has 4 N–H and O–H groups in total. The molecule has 0 bridgehead atoms. The number of hydrogen-bond acceptors (Lipinski definition) is 3. The highest BCUT2D eigenvalue weighted by Gasteiger charge is 2.33. The van der Waals surface area contributed by atoms with Crippen molar-refractivity contribution >= 4 is 34.4 Å². The van der Waals surface area contributed by atoms with Gasteiger partial charge in [0.15, 0.2) is 0 Å². The summed E-state index contributed by atoms with van der Waals surface area (Å²) in [6.45, 7) is 0. The Hall–Kier alpha value is -3.61. The summed E-state index contributed by atoms with van der Waals surface area (Å²) in [5.41, 5.74) is 2.99. The van der Waals surface area contributed by atoms with E-state index in [-0.39, 0.29) is 18.7 Å². The zero-order chi connectivity index (χ0) is 19.7. The van der Waals surface area contributed by atoms with E-state index < -0.39 is 23.8 Å². The first-order valence-corrected chi connectivity index (χ1v) is 9.00. The molecule has 4 rings (SSSR count). The molecule has 2 aromatic carbocycles. The fourth-order valence-corrected chi connectivity index (χ4v) is 3.64. The van der Waals surface area contributed by atoms with Crippen molar-refractivity contribution in [2.24, 2.45) is 0 Å². The number of carbonyl (C=O) groups excluding carboxylic acids is 2. The van der Waals surface area contributed by atoms with Crippen molar-refractivity contribution in [3.8, 4) is 0 Å². The average Bonchev–Trinajstić information content (AvgIpc) is 3.09. The molecule has 1 aromatic heterocycles. The van der Waals surface area contributed by atoms with E-state index in [2.05, 4.69) is 15.6 Å². The number of fused-ring (bicyclic) bond motifs is 2. The molecular weight excluding hydrogens is 358 g/mol. The molecule has 3 aromatic rings. The van der Waals surface area contributed by atoms with Crippen molar-refractivity contribution in [3.05, 3.63) is 65.9 Å². The molecule has 0 fully saturated rings. The predicted octanol–water partition coefficient (Wildman–Crippen LogP) is 2.41. The molecular formula is C21H19N3O4. The van der Waals surface area contributed by atoms with Gasteiger partial charge in [-0.1, -0.05) is 36.4 Å². The number of carbonyl (C=O) groups is 3. The van der Waals surface area contributed by atoms with E-state index in [9.17, 15) is 19.5 Å². The lowest BCUT2D eigenvalue weighted by Crippen LogP contribution is -2.45. The van der Waals surface area contributed by atoms with E-state index in [1.807, 2.05) is 24.3 Å². The third kappa shape index (κ3) is 3.34. The van der Waals surface area contributed by atoms with E-state index in [1.54, 1.807) is 30.5 Å². The Morgan fingerprint density at radius 2 is 1.89 bits per heavy atom. The number of benzene rings is 2. The second-order valence-electron chi connectivity index (χ2n) is 6.86. The Labute approximate surface area is 160 Å². The molecule has 1 aliphatic rings. The van der Waals surface area contributed by atoms with Crippen LogP contribution >= 0.6 is 0 Å². The zero-order valence-electron chi connectivity index (χ0n) is 14.9. The standard InChI is InChI=1S/C21H19N3O4/c25-19-10-15(14-6-2-4-8-17(14)23-19)20(26)24-18(21(27)28)9-12-11-22-16-7-3-1-5-13(12)16/h1-8,11,15,18,22H,9-10H2,(H,23,25)(H,24,26)(H,27,28)/t15-,18+/m1/s1. The van der Waals surface area contributed by atoms with Gasteiger partial charge in [-0.05, 0) is 23.3 Å². The van der Waals surface area contributed by atoms with Crippen molar-refractivity contribution in [2.75, 3.05) is 5.32 Å². The minimum atomic E-state index is -1.12. The summed E-state index contributed by atoms with van der Waals surface area (Å²) < 4.78 is 0. The van der Waals surface area contributed by atoms with Crippen LogP contribution in [0.2, 0.25) is 0 Å². The maximum Gasteiger partial charge on any atom is 0.326 e. The van der Waals surface area contributed by atoms with Gasteiger partial charge in [-0.3, -0.25) is 9.59 Å². The average molecular weight is 377 g/mol. The van der Waals surface area contributed by atoms with Gasteiger partial charge < -0.3 is 20.7 Å². The van der Waals surface area contributed by atoms with E-state index in [4.69, 9.17) is 0 Å². The largest absolute Gasteiger partial charge is 0.480 e. The normalized spacial score (nSPS) is 16.9. The van der Waals surface area contributed by atoms with Crippen LogP contribution in [0.4, 0.5) is 5.69 Å². The van der Waals surface area contributed by atoms with Crippen LogP contribution in [0.3, 0.4) is 0 Å². The van der Waals surface area contributed by atoms with Gasteiger partial charge in [-0.25, -0.2) is 4.79 Å². The second kappa shape index (κ2) is 7.19. The molecule has 7 heteroatoms. The van der Waals surface area contributed by atoms with E-state index in [1.165, 1.54) is 0 Å². The lowest BCUT2D eigenvalue weighted by molar-refractivity contribution is -0.142. The number of hydrogen-bond donors (Lipinski definition) is 4. The monoisotopic (exact) mass is 377 g/mol. The van der Waals surface area contributed by atoms with Crippen LogP contribution in [0.15, 0.2) is 54.7 Å². The summed E-state index contributed by atoms with van der Waals surface area (Å²) in [4.78, 5) is 39.7. The number of para-hydroxylation sites is 2. The van der Waals surface area contributed by atoms with Crippen LogP contribution in [-0.2, 0) is 20.8 Å². The number of carboxylic acids is 1. The van der Waals surface area contributed by atoms with Gasteiger partial charge in [0.2, 0.25) is 11.8 Å². The van der Waals surface area contributed by atoms with E-state index >= 15 is 0 Å². The Kier molecular flexibility index (Phi) is 4.57. The zero-order valence-corrected chi connectivity index (χ0v) is 14.9. The number of amides is 2. The SMILES string of the molecule is O=C1C[C@@H](C(=O)N[C@@H](Cc2c[nH]c3ccccc23)C(=O)O)c2ccccc2N1. The first kappa shape index (κ1) is 17.8. The van der Waals surface area contributed by atoms with Gasteiger partial charge >= 0.3 is 5.97 Å². The number of aromatic nitrogens is 1. The molecule has 0 unspecified atom stereocenters. The molecule has 0 saturated heterocycles. The number of carboxylic acid groups (broad SMARTS) is 1. The first-order valence-electron chi connectivity index (χ1n) is 9.00. The maximum absolute atomic E-state index is 12.9. The van der Waals surface area contributed by atoms with Crippen molar-refractivity contribution in [1.29, 1.82) is 0 Å². The van der Waals surface area contributed by atoms with Crippen molar-refractivity contribution < 1.29 is 19.5 Å². The molecule has 142 valence electrons. The van der Waals surface area contributed by atoms with Crippen molar-refractivity contribution in [3.63, 3.8) is 0 Å². The number of nitrogens with one attached hydrogen (secondary N) is 3. The lowest BCUT2D eigenvalue weighted by Gasteiger charge is -2.26. The van der Waals surface area contributed by atoms with Gasteiger partial charge in [0.25, 0.3) is 0 Å². The molecule has 0 radical (unpaired) electrons. The van der Waals surface area contributed by atoms with Crippen LogP contribution in [0, 0.1) is 0 Å². The van der Waals surface area contributed by atoms with Gasteiger partial charge in [-0.15, -0.1) is 0 Å². The minimum absolute atomic E-state index is 0.0116.